The van der Waals surface area contributed by atoms with Crippen LogP contribution < -0.4 is 9.62 Å². The molecule has 1 aliphatic heterocycles. The molecule has 1 heterocycles. The van der Waals surface area contributed by atoms with Gasteiger partial charge in [-0.3, -0.25) is 19.2 Å². The second-order valence-corrected chi connectivity index (χ2v) is 7.27. The zero-order valence-corrected chi connectivity index (χ0v) is 13.8. The van der Waals surface area contributed by atoms with E-state index in [-0.39, 0.29) is 29.6 Å². The topological polar surface area (TPSA) is 83.6 Å². The van der Waals surface area contributed by atoms with Crippen molar-refractivity contribution in [3.63, 3.8) is 0 Å². The molecule has 6 nitrogen and oxygen atoms in total. The van der Waals surface area contributed by atoms with E-state index in [2.05, 4.69) is 4.72 Å². The number of carbonyl (C=O) groups excluding carboxylic acids is 2. The fourth-order valence-corrected chi connectivity index (χ4v) is 3.53. The second kappa shape index (κ2) is 6.09. The Balaban J connectivity index is 1.80. The van der Waals surface area contributed by atoms with Crippen molar-refractivity contribution in [2.75, 3.05) is 9.62 Å². The molecule has 24 heavy (non-hydrogen) atoms. The smallest absolute Gasteiger partial charge is 0.261 e. The standard InChI is InChI=1S/C17H16N2O4S/c1-12-2-8-15(9-3-12)24(22,23)18-13-4-6-14(7-5-13)19-16(20)10-11-17(19)21/h2-9,18H,10-11H2,1H3. The molecule has 1 fully saturated rings. The van der Waals surface area contributed by atoms with E-state index >= 15 is 0 Å². The summed E-state index contributed by atoms with van der Waals surface area (Å²) < 4.78 is 27.1. The summed E-state index contributed by atoms with van der Waals surface area (Å²) in [6.07, 6.45) is 0.418. The van der Waals surface area contributed by atoms with E-state index < -0.39 is 10.0 Å². The molecule has 0 spiro atoms. The molecule has 7 heteroatoms. The maximum atomic E-state index is 12.3. The summed E-state index contributed by atoms with van der Waals surface area (Å²) >= 11 is 0. The number of anilines is 2. The summed E-state index contributed by atoms with van der Waals surface area (Å²) in [5.74, 6) is -0.485. The lowest BCUT2D eigenvalue weighted by molar-refractivity contribution is -0.121. The molecule has 2 aromatic rings. The third kappa shape index (κ3) is 3.16. The molecule has 0 saturated carbocycles. The predicted molar refractivity (Wildman–Crippen MR) is 90.2 cm³/mol. The number of benzene rings is 2. The van der Waals surface area contributed by atoms with E-state index in [1.54, 1.807) is 24.3 Å². The minimum Gasteiger partial charge on any atom is -0.280 e. The molecular weight excluding hydrogens is 328 g/mol. The van der Waals surface area contributed by atoms with Crippen LogP contribution in [-0.2, 0) is 19.6 Å². The number of amides is 2. The van der Waals surface area contributed by atoms with Crippen LogP contribution in [0, 0.1) is 6.92 Å². The van der Waals surface area contributed by atoms with E-state index in [1.807, 2.05) is 6.92 Å². The molecule has 1 N–H and O–H groups in total. The van der Waals surface area contributed by atoms with Gasteiger partial charge < -0.3 is 0 Å². The van der Waals surface area contributed by atoms with Crippen molar-refractivity contribution >= 4 is 33.2 Å². The number of nitrogens with zero attached hydrogens (tertiary/aromatic N) is 1. The molecule has 0 aromatic heterocycles. The maximum Gasteiger partial charge on any atom is 0.261 e. The van der Waals surface area contributed by atoms with Crippen LogP contribution in [0.2, 0.25) is 0 Å². The Labute approximate surface area is 140 Å². The summed E-state index contributed by atoms with van der Waals surface area (Å²) in [6, 6.07) is 12.7. The van der Waals surface area contributed by atoms with E-state index in [1.165, 1.54) is 24.3 Å². The van der Waals surface area contributed by atoms with Gasteiger partial charge in [0.25, 0.3) is 10.0 Å². The average molecular weight is 344 g/mol. The maximum absolute atomic E-state index is 12.3. The van der Waals surface area contributed by atoms with Crippen molar-refractivity contribution in [3.8, 4) is 0 Å². The first kappa shape index (κ1) is 16.2. The van der Waals surface area contributed by atoms with E-state index in [9.17, 15) is 18.0 Å². The molecule has 124 valence electrons. The van der Waals surface area contributed by atoms with Crippen LogP contribution in [0.3, 0.4) is 0 Å². The Morgan fingerprint density at radius 3 is 1.96 bits per heavy atom. The van der Waals surface area contributed by atoms with Crippen LogP contribution in [0.1, 0.15) is 18.4 Å². The fourth-order valence-electron chi connectivity index (χ4n) is 2.47. The van der Waals surface area contributed by atoms with Gasteiger partial charge >= 0.3 is 0 Å². The van der Waals surface area contributed by atoms with E-state index in [0.29, 0.717) is 11.4 Å². The third-order valence-corrected chi connectivity index (χ3v) is 5.16. The lowest BCUT2D eigenvalue weighted by Crippen LogP contribution is -2.28. The van der Waals surface area contributed by atoms with Crippen LogP contribution in [0.25, 0.3) is 0 Å². The Morgan fingerprint density at radius 2 is 1.42 bits per heavy atom. The number of rotatable bonds is 4. The first-order valence-corrected chi connectivity index (χ1v) is 8.90. The van der Waals surface area contributed by atoms with Crippen LogP contribution >= 0.6 is 0 Å². The Kier molecular flexibility index (Phi) is 4.11. The fraction of sp³-hybridized carbons (Fsp3) is 0.176. The normalized spacial score (nSPS) is 15.0. The van der Waals surface area contributed by atoms with Gasteiger partial charge in [0, 0.05) is 18.5 Å². The number of carbonyl (C=O) groups is 2. The van der Waals surface area contributed by atoms with Crippen molar-refractivity contribution < 1.29 is 18.0 Å². The highest BCUT2D eigenvalue weighted by Gasteiger charge is 2.30. The minimum absolute atomic E-state index is 0.169. The van der Waals surface area contributed by atoms with Crippen LogP contribution in [0.5, 0.6) is 0 Å². The molecule has 3 rings (SSSR count). The molecule has 1 aliphatic rings. The zero-order chi connectivity index (χ0) is 17.3. The highest BCUT2D eigenvalue weighted by Crippen LogP contribution is 2.25. The van der Waals surface area contributed by atoms with Gasteiger partial charge in [-0.15, -0.1) is 0 Å². The number of nitrogens with one attached hydrogen (secondary N) is 1. The molecule has 2 amide bonds. The monoisotopic (exact) mass is 344 g/mol. The molecule has 0 atom stereocenters. The lowest BCUT2D eigenvalue weighted by atomic mass is 10.2. The molecule has 1 saturated heterocycles. The van der Waals surface area contributed by atoms with Crippen molar-refractivity contribution in [3.05, 3.63) is 54.1 Å². The van der Waals surface area contributed by atoms with E-state index in [4.69, 9.17) is 0 Å². The van der Waals surface area contributed by atoms with Gasteiger partial charge in [-0.1, -0.05) is 17.7 Å². The summed E-state index contributed by atoms with van der Waals surface area (Å²) in [7, 11) is -3.68. The molecule has 2 aromatic carbocycles. The predicted octanol–water partition coefficient (Wildman–Crippen LogP) is 2.45. The van der Waals surface area contributed by atoms with E-state index in [0.717, 1.165) is 10.5 Å². The van der Waals surface area contributed by atoms with Gasteiger partial charge in [-0.2, -0.15) is 0 Å². The van der Waals surface area contributed by atoms with Gasteiger partial charge in [0.15, 0.2) is 0 Å². The molecule has 0 unspecified atom stereocenters. The molecule has 0 radical (unpaired) electrons. The summed E-state index contributed by atoms with van der Waals surface area (Å²) in [5.41, 5.74) is 1.78. The quantitative estimate of drug-likeness (QED) is 0.864. The van der Waals surface area contributed by atoms with Crippen molar-refractivity contribution in [2.24, 2.45) is 0 Å². The average Bonchev–Trinajstić information content (AvgIpc) is 2.87. The summed E-state index contributed by atoms with van der Waals surface area (Å²) in [5, 5.41) is 0. The van der Waals surface area contributed by atoms with Gasteiger partial charge in [0.05, 0.1) is 10.6 Å². The largest absolute Gasteiger partial charge is 0.280 e. The van der Waals surface area contributed by atoms with Gasteiger partial charge in [-0.05, 0) is 43.3 Å². The Bertz CT molecular complexity index is 871. The van der Waals surface area contributed by atoms with Crippen molar-refractivity contribution in [1.29, 1.82) is 0 Å². The highest BCUT2D eigenvalue weighted by atomic mass is 32.2. The number of aryl methyl sites for hydroxylation is 1. The third-order valence-electron chi connectivity index (χ3n) is 3.76. The summed E-state index contributed by atoms with van der Waals surface area (Å²) in [4.78, 5) is 24.7. The van der Waals surface area contributed by atoms with Crippen LogP contribution in [0.4, 0.5) is 11.4 Å². The second-order valence-electron chi connectivity index (χ2n) is 5.59. The highest BCUT2D eigenvalue weighted by molar-refractivity contribution is 7.92. The zero-order valence-electron chi connectivity index (χ0n) is 13.0. The van der Waals surface area contributed by atoms with Crippen LogP contribution in [-0.4, -0.2) is 20.2 Å². The molecule has 0 aliphatic carbocycles. The number of hydrogen-bond donors (Lipinski definition) is 1. The Hall–Kier alpha value is -2.67. The van der Waals surface area contributed by atoms with Gasteiger partial charge in [0.1, 0.15) is 0 Å². The summed E-state index contributed by atoms with van der Waals surface area (Å²) in [6.45, 7) is 1.88. The van der Waals surface area contributed by atoms with Crippen molar-refractivity contribution in [2.45, 2.75) is 24.7 Å². The number of imide groups is 1. The first-order valence-electron chi connectivity index (χ1n) is 7.42. The van der Waals surface area contributed by atoms with Gasteiger partial charge in [0.2, 0.25) is 11.8 Å². The van der Waals surface area contributed by atoms with Gasteiger partial charge in [-0.25, -0.2) is 8.42 Å². The lowest BCUT2D eigenvalue weighted by Gasteiger charge is -2.14. The molecular formula is C17H16N2O4S. The van der Waals surface area contributed by atoms with Crippen LogP contribution in [0.15, 0.2) is 53.4 Å². The van der Waals surface area contributed by atoms with Crippen molar-refractivity contribution in [1.82, 2.24) is 0 Å². The number of hydrogen-bond acceptors (Lipinski definition) is 4. The number of sulfonamides is 1. The first-order chi connectivity index (χ1) is 11.4. The Morgan fingerprint density at radius 1 is 0.875 bits per heavy atom. The minimum atomic E-state index is -3.68. The SMILES string of the molecule is Cc1ccc(S(=O)(=O)Nc2ccc(N3C(=O)CCC3=O)cc2)cc1. The molecule has 0 bridgehead atoms.